The van der Waals surface area contributed by atoms with Crippen LogP contribution in [0.3, 0.4) is 0 Å². The summed E-state index contributed by atoms with van der Waals surface area (Å²) >= 11 is 0. The van der Waals surface area contributed by atoms with E-state index in [0.717, 1.165) is 6.20 Å². The zero-order chi connectivity index (χ0) is 14.2. The molecule has 0 fully saturated rings. The van der Waals surface area contributed by atoms with E-state index in [-0.39, 0.29) is 0 Å². The second-order valence-corrected chi connectivity index (χ2v) is 2.77. The van der Waals surface area contributed by atoms with Crippen molar-refractivity contribution < 1.29 is 18.0 Å². The van der Waals surface area contributed by atoms with Crippen LogP contribution in [-0.4, -0.2) is 31.3 Å². The van der Waals surface area contributed by atoms with E-state index in [1.165, 1.54) is 19.2 Å². The third kappa shape index (κ3) is 4.99. The minimum atomic E-state index is -4.82. The molecule has 0 rings (SSSR count). The van der Waals surface area contributed by atoms with Gasteiger partial charge in [-0.1, -0.05) is 5.16 Å². The standard InChI is InChI=1S/C9H8F3N5O/c1-16-4-6(8(15)9(10,11)12)5-18-17-7(2-13)3-14/h4,15-16H,5H2,1H3/b6-4-,15-8?. The first-order chi connectivity index (χ1) is 8.36. The van der Waals surface area contributed by atoms with Gasteiger partial charge in [0.2, 0.25) is 0 Å². The van der Waals surface area contributed by atoms with Crippen molar-refractivity contribution >= 4 is 11.4 Å². The molecule has 0 bridgehead atoms. The van der Waals surface area contributed by atoms with Gasteiger partial charge in [-0.3, -0.25) is 5.41 Å². The van der Waals surface area contributed by atoms with Crippen molar-refractivity contribution in [2.45, 2.75) is 6.18 Å². The molecule has 96 valence electrons. The lowest BCUT2D eigenvalue weighted by molar-refractivity contribution is -0.0595. The third-order valence-electron chi connectivity index (χ3n) is 1.51. The molecule has 0 aromatic heterocycles. The molecule has 0 aliphatic rings. The van der Waals surface area contributed by atoms with Gasteiger partial charge < -0.3 is 10.2 Å². The Morgan fingerprint density at radius 2 is 2.00 bits per heavy atom. The highest BCUT2D eigenvalue weighted by Crippen LogP contribution is 2.20. The molecule has 0 aromatic rings. The van der Waals surface area contributed by atoms with Crippen molar-refractivity contribution in [3.05, 3.63) is 11.8 Å². The first-order valence-electron chi connectivity index (χ1n) is 4.39. The van der Waals surface area contributed by atoms with Gasteiger partial charge in [-0.15, -0.1) is 0 Å². The molecular weight excluding hydrogens is 251 g/mol. The molecule has 0 aliphatic heterocycles. The quantitative estimate of drug-likeness (QED) is 0.569. The van der Waals surface area contributed by atoms with Crippen LogP contribution in [-0.2, 0) is 4.84 Å². The summed E-state index contributed by atoms with van der Waals surface area (Å²) in [6.45, 7) is -0.688. The van der Waals surface area contributed by atoms with E-state index in [2.05, 4.69) is 15.3 Å². The van der Waals surface area contributed by atoms with Crippen LogP contribution in [0.5, 0.6) is 0 Å². The van der Waals surface area contributed by atoms with E-state index in [1.807, 2.05) is 0 Å². The van der Waals surface area contributed by atoms with Crippen LogP contribution >= 0.6 is 0 Å². The summed E-state index contributed by atoms with van der Waals surface area (Å²) in [6.07, 6.45) is -3.90. The fourth-order valence-corrected chi connectivity index (χ4v) is 0.774. The normalized spacial score (nSPS) is 10.9. The highest BCUT2D eigenvalue weighted by Gasteiger charge is 2.36. The topological polar surface area (TPSA) is 105 Å². The molecule has 6 nitrogen and oxygen atoms in total. The average molecular weight is 259 g/mol. The van der Waals surface area contributed by atoms with E-state index in [1.54, 1.807) is 0 Å². The van der Waals surface area contributed by atoms with Crippen molar-refractivity contribution in [3.8, 4) is 12.1 Å². The Labute approximate surface area is 100 Å². The monoisotopic (exact) mass is 259 g/mol. The van der Waals surface area contributed by atoms with Gasteiger partial charge in [-0.25, -0.2) is 0 Å². The fraction of sp³-hybridized carbons (Fsp3) is 0.333. The van der Waals surface area contributed by atoms with Gasteiger partial charge in [0.05, 0.1) is 0 Å². The maximum atomic E-state index is 12.3. The molecule has 0 spiro atoms. The molecule has 2 N–H and O–H groups in total. The summed E-state index contributed by atoms with van der Waals surface area (Å²) in [5.41, 5.74) is -2.73. The summed E-state index contributed by atoms with van der Waals surface area (Å²) in [7, 11) is 1.35. The first-order valence-corrected chi connectivity index (χ1v) is 4.39. The fourth-order valence-electron chi connectivity index (χ4n) is 0.774. The zero-order valence-corrected chi connectivity index (χ0v) is 9.17. The molecule has 0 saturated heterocycles. The van der Waals surface area contributed by atoms with Crippen molar-refractivity contribution in [2.24, 2.45) is 5.16 Å². The Hall–Kier alpha value is -2.55. The van der Waals surface area contributed by atoms with E-state index in [9.17, 15) is 13.2 Å². The van der Waals surface area contributed by atoms with Crippen molar-refractivity contribution in [1.82, 2.24) is 5.32 Å². The van der Waals surface area contributed by atoms with E-state index in [0.29, 0.717) is 0 Å². The summed E-state index contributed by atoms with van der Waals surface area (Å²) in [4.78, 5) is 4.40. The van der Waals surface area contributed by atoms with E-state index in [4.69, 9.17) is 15.9 Å². The van der Waals surface area contributed by atoms with Crippen molar-refractivity contribution in [3.63, 3.8) is 0 Å². The van der Waals surface area contributed by atoms with Crippen LogP contribution < -0.4 is 5.32 Å². The van der Waals surface area contributed by atoms with Crippen LogP contribution in [0.2, 0.25) is 0 Å². The van der Waals surface area contributed by atoms with E-state index >= 15 is 0 Å². The van der Waals surface area contributed by atoms with E-state index < -0.39 is 29.8 Å². The highest BCUT2D eigenvalue weighted by atomic mass is 19.4. The van der Waals surface area contributed by atoms with Gasteiger partial charge in [-0.05, 0) is 0 Å². The SMILES string of the molecule is CN/C=C(/CON=C(C#N)C#N)C(=N)C(F)(F)F. The van der Waals surface area contributed by atoms with Gasteiger partial charge in [-0.2, -0.15) is 23.7 Å². The number of oxime groups is 1. The lowest BCUT2D eigenvalue weighted by atomic mass is 10.2. The maximum Gasteiger partial charge on any atom is 0.433 e. The Morgan fingerprint density at radius 1 is 1.44 bits per heavy atom. The molecule has 9 heteroatoms. The first kappa shape index (κ1) is 15.4. The Kier molecular flexibility index (Phi) is 5.93. The number of halogens is 3. The lowest BCUT2D eigenvalue weighted by Gasteiger charge is -2.11. The largest absolute Gasteiger partial charge is 0.433 e. The number of hydrogen-bond donors (Lipinski definition) is 2. The molecule has 0 saturated carbocycles. The zero-order valence-electron chi connectivity index (χ0n) is 9.17. The molecule has 0 heterocycles. The van der Waals surface area contributed by atoms with Crippen LogP contribution in [0.4, 0.5) is 13.2 Å². The van der Waals surface area contributed by atoms with Crippen molar-refractivity contribution in [2.75, 3.05) is 13.7 Å². The minimum absolute atomic E-state index is 0.510. The van der Waals surface area contributed by atoms with Crippen LogP contribution in [0.25, 0.3) is 0 Å². The number of hydrogen-bond acceptors (Lipinski definition) is 6. The predicted molar refractivity (Wildman–Crippen MR) is 55.5 cm³/mol. The lowest BCUT2D eigenvalue weighted by Crippen LogP contribution is -2.26. The summed E-state index contributed by atoms with van der Waals surface area (Å²) in [6, 6.07) is 2.74. The molecular formula is C9H8F3N5O. The second-order valence-electron chi connectivity index (χ2n) is 2.77. The molecule has 0 atom stereocenters. The second kappa shape index (κ2) is 6.91. The summed E-state index contributed by atoms with van der Waals surface area (Å²) in [5, 5.41) is 28.8. The molecule has 0 unspecified atom stereocenters. The van der Waals surface area contributed by atoms with Crippen molar-refractivity contribution in [1.29, 1.82) is 15.9 Å². The van der Waals surface area contributed by atoms with Gasteiger partial charge in [0.15, 0.2) is 0 Å². The predicted octanol–water partition coefficient (Wildman–Crippen LogP) is 1.09. The summed E-state index contributed by atoms with van der Waals surface area (Å²) in [5.74, 6) is 0. The Balaban J connectivity index is 4.76. The smallest absolute Gasteiger partial charge is 0.394 e. The van der Waals surface area contributed by atoms with Gasteiger partial charge in [0.25, 0.3) is 5.71 Å². The average Bonchev–Trinajstić information content (AvgIpc) is 2.31. The molecule has 0 aliphatic carbocycles. The third-order valence-corrected chi connectivity index (χ3v) is 1.51. The Bertz CT molecular complexity index is 436. The minimum Gasteiger partial charge on any atom is -0.394 e. The number of alkyl halides is 3. The molecule has 0 amide bonds. The highest BCUT2D eigenvalue weighted by molar-refractivity contribution is 6.09. The van der Waals surface area contributed by atoms with Gasteiger partial charge in [0, 0.05) is 18.8 Å². The molecule has 18 heavy (non-hydrogen) atoms. The Morgan fingerprint density at radius 3 is 2.39 bits per heavy atom. The van der Waals surface area contributed by atoms with Crippen LogP contribution in [0.1, 0.15) is 0 Å². The van der Waals surface area contributed by atoms with Gasteiger partial charge in [0.1, 0.15) is 24.5 Å². The molecule has 0 radical (unpaired) electrons. The number of nitrogens with one attached hydrogen (secondary N) is 2. The molecule has 0 aromatic carbocycles. The van der Waals surface area contributed by atoms with Crippen LogP contribution in [0.15, 0.2) is 16.9 Å². The van der Waals surface area contributed by atoms with Crippen LogP contribution in [0, 0.1) is 28.1 Å². The maximum absolute atomic E-state index is 12.3. The van der Waals surface area contributed by atoms with Gasteiger partial charge >= 0.3 is 6.18 Å². The number of nitriles is 2. The number of nitrogens with zero attached hydrogens (tertiary/aromatic N) is 3. The number of rotatable bonds is 5. The summed E-state index contributed by atoms with van der Waals surface area (Å²) < 4.78 is 36.8.